The van der Waals surface area contributed by atoms with Gasteiger partial charge >= 0.3 is 0 Å². The van der Waals surface area contributed by atoms with Crippen molar-refractivity contribution in [2.75, 3.05) is 0 Å². The van der Waals surface area contributed by atoms with Crippen molar-refractivity contribution in [1.82, 2.24) is 10.6 Å². The first-order valence-corrected chi connectivity index (χ1v) is 9.89. The highest BCUT2D eigenvalue weighted by atomic mass is 16.2. The van der Waals surface area contributed by atoms with Crippen molar-refractivity contribution in [3.05, 3.63) is 0 Å². The Labute approximate surface area is 147 Å². The first-order chi connectivity index (χ1) is 11.5. The third kappa shape index (κ3) is 9.26. The molecule has 1 aliphatic rings. The van der Waals surface area contributed by atoms with Gasteiger partial charge in [-0.05, 0) is 31.6 Å². The summed E-state index contributed by atoms with van der Waals surface area (Å²) in [5.41, 5.74) is 6.05. The number of rotatable bonds is 11. The average Bonchev–Trinajstić information content (AvgIpc) is 2.58. The molecule has 0 saturated heterocycles. The van der Waals surface area contributed by atoms with Crippen molar-refractivity contribution in [3.8, 4) is 0 Å². The number of nitrogens with one attached hydrogen (secondary N) is 2. The SMILES string of the molecule is CCCCC(=O)NC(N)CCC(CC1CCCCC1)NC(=O)CC. The average molecular weight is 340 g/mol. The molecule has 0 aromatic carbocycles. The zero-order valence-electron chi connectivity index (χ0n) is 15.6. The minimum absolute atomic E-state index is 0.0331. The highest BCUT2D eigenvalue weighted by Crippen LogP contribution is 2.28. The molecule has 2 amide bonds. The van der Waals surface area contributed by atoms with Crippen molar-refractivity contribution < 1.29 is 9.59 Å². The normalized spacial score (nSPS) is 18.0. The van der Waals surface area contributed by atoms with Crippen LogP contribution >= 0.6 is 0 Å². The summed E-state index contributed by atoms with van der Waals surface area (Å²) in [6, 6.07) is 0.180. The summed E-state index contributed by atoms with van der Waals surface area (Å²) < 4.78 is 0. The van der Waals surface area contributed by atoms with Gasteiger partial charge in [0.15, 0.2) is 0 Å². The molecule has 0 spiro atoms. The monoisotopic (exact) mass is 339 g/mol. The summed E-state index contributed by atoms with van der Waals surface area (Å²) in [4.78, 5) is 23.5. The molecule has 1 aliphatic carbocycles. The second kappa shape index (κ2) is 12.3. The minimum Gasteiger partial charge on any atom is -0.353 e. The smallest absolute Gasteiger partial charge is 0.221 e. The van der Waals surface area contributed by atoms with Gasteiger partial charge in [0, 0.05) is 18.9 Å². The third-order valence-electron chi connectivity index (χ3n) is 4.96. The molecule has 0 bridgehead atoms. The van der Waals surface area contributed by atoms with Gasteiger partial charge < -0.3 is 16.4 Å². The van der Waals surface area contributed by atoms with E-state index in [1.807, 2.05) is 6.92 Å². The lowest BCUT2D eigenvalue weighted by Gasteiger charge is -2.28. The first-order valence-electron chi connectivity index (χ1n) is 9.89. The first kappa shape index (κ1) is 20.9. The zero-order valence-corrected chi connectivity index (χ0v) is 15.6. The summed E-state index contributed by atoms with van der Waals surface area (Å²) in [5.74, 6) is 0.860. The lowest BCUT2D eigenvalue weighted by atomic mass is 9.84. The van der Waals surface area contributed by atoms with E-state index >= 15 is 0 Å². The van der Waals surface area contributed by atoms with Crippen LogP contribution in [0, 0.1) is 5.92 Å². The van der Waals surface area contributed by atoms with Crippen molar-refractivity contribution in [3.63, 3.8) is 0 Å². The minimum atomic E-state index is -0.318. The zero-order chi connectivity index (χ0) is 17.8. The Morgan fingerprint density at radius 2 is 1.75 bits per heavy atom. The van der Waals surface area contributed by atoms with E-state index in [4.69, 9.17) is 5.73 Å². The van der Waals surface area contributed by atoms with Gasteiger partial charge in [0.25, 0.3) is 0 Å². The maximum atomic E-state index is 11.8. The van der Waals surface area contributed by atoms with Crippen LogP contribution in [0.25, 0.3) is 0 Å². The van der Waals surface area contributed by atoms with Crippen LogP contribution in [-0.4, -0.2) is 24.0 Å². The van der Waals surface area contributed by atoms with Crippen LogP contribution in [0.3, 0.4) is 0 Å². The molecule has 0 aliphatic heterocycles. The maximum absolute atomic E-state index is 11.8. The van der Waals surface area contributed by atoms with E-state index in [-0.39, 0.29) is 24.0 Å². The Balaban J connectivity index is 2.39. The van der Waals surface area contributed by atoms with E-state index in [1.165, 1.54) is 32.1 Å². The molecular formula is C19H37N3O2. The summed E-state index contributed by atoms with van der Waals surface area (Å²) in [6.07, 6.45) is 11.8. The highest BCUT2D eigenvalue weighted by Gasteiger charge is 2.21. The van der Waals surface area contributed by atoms with E-state index in [0.717, 1.165) is 31.6 Å². The molecule has 5 nitrogen and oxygen atoms in total. The molecule has 1 rings (SSSR count). The molecule has 0 heterocycles. The van der Waals surface area contributed by atoms with Crippen LogP contribution in [0.2, 0.25) is 0 Å². The Morgan fingerprint density at radius 3 is 2.38 bits per heavy atom. The van der Waals surface area contributed by atoms with Crippen LogP contribution in [0.1, 0.15) is 90.9 Å². The number of carbonyl (C=O) groups is 2. The van der Waals surface area contributed by atoms with E-state index < -0.39 is 0 Å². The third-order valence-corrected chi connectivity index (χ3v) is 4.96. The van der Waals surface area contributed by atoms with Gasteiger partial charge in [-0.1, -0.05) is 52.4 Å². The molecular weight excluding hydrogens is 302 g/mol. The fraction of sp³-hybridized carbons (Fsp3) is 0.895. The Hall–Kier alpha value is -1.10. The van der Waals surface area contributed by atoms with Crippen LogP contribution < -0.4 is 16.4 Å². The number of hydrogen-bond donors (Lipinski definition) is 3. The van der Waals surface area contributed by atoms with Crippen molar-refractivity contribution in [1.29, 1.82) is 0 Å². The molecule has 4 N–H and O–H groups in total. The van der Waals surface area contributed by atoms with Crippen molar-refractivity contribution in [2.24, 2.45) is 11.7 Å². The van der Waals surface area contributed by atoms with Gasteiger partial charge in [0.2, 0.25) is 11.8 Å². The second-order valence-corrected chi connectivity index (χ2v) is 7.21. The Bertz CT molecular complexity index is 368. The number of nitrogens with two attached hydrogens (primary N) is 1. The summed E-state index contributed by atoms with van der Waals surface area (Å²) in [6.45, 7) is 3.95. The fourth-order valence-electron chi connectivity index (χ4n) is 3.47. The quantitative estimate of drug-likeness (QED) is 0.505. The van der Waals surface area contributed by atoms with Crippen LogP contribution in [-0.2, 0) is 9.59 Å². The molecule has 140 valence electrons. The van der Waals surface area contributed by atoms with E-state index in [0.29, 0.717) is 19.3 Å². The van der Waals surface area contributed by atoms with E-state index in [9.17, 15) is 9.59 Å². The Morgan fingerprint density at radius 1 is 1.04 bits per heavy atom. The van der Waals surface area contributed by atoms with Crippen molar-refractivity contribution in [2.45, 2.75) is 103 Å². The number of carbonyl (C=O) groups excluding carboxylic acids is 2. The Kier molecular flexibility index (Phi) is 10.7. The molecule has 0 radical (unpaired) electrons. The largest absolute Gasteiger partial charge is 0.353 e. The topological polar surface area (TPSA) is 84.2 Å². The van der Waals surface area contributed by atoms with Gasteiger partial charge in [0.1, 0.15) is 0 Å². The number of amides is 2. The number of hydrogen-bond acceptors (Lipinski definition) is 3. The van der Waals surface area contributed by atoms with Gasteiger partial charge in [-0.2, -0.15) is 0 Å². The molecule has 2 unspecified atom stereocenters. The van der Waals surface area contributed by atoms with Crippen LogP contribution in [0.4, 0.5) is 0 Å². The van der Waals surface area contributed by atoms with Gasteiger partial charge in [-0.25, -0.2) is 0 Å². The molecule has 0 aromatic heterocycles. The van der Waals surface area contributed by atoms with Crippen molar-refractivity contribution >= 4 is 11.8 Å². The predicted molar refractivity (Wildman–Crippen MR) is 98.3 cm³/mol. The predicted octanol–water partition coefficient (Wildman–Crippen LogP) is 3.22. The van der Waals surface area contributed by atoms with E-state index in [2.05, 4.69) is 17.6 Å². The standard InChI is InChI=1S/C19H37N3O2/c1-3-5-11-19(24)22-17(20)13-12-16(21-18(23)4-2)14-15-9-7-6-8-10-15/h15-17H,3-14,20H2,1-2H3,(H,21,23)(H,22,24). The van der Waals surface area contributed by atoms with Crippen LogP contribution in [0.5, 0.6) is 0 Å². The molecule has 1 fully saturated rings. The van der Waals surface area contributed by atoms with Gasteiger partial charge in [-0.3, -0.25) is 9.59 Å². The van der Waals surface area contributed by atoms with E-state index in [1.54, 1.807) is 0 Å². The molecule has 1 saturated carbocycles. The summed E-state index contributed by atoms with van der Waals surface area (Å²) in [7, 11) is 0. The highest BCUT2D eigenvalue weighted by molar-refractivity contribution is 5.76. The summed E-state index contributed by atoms with van der Waals surface area (Å²) >= 11 is 0. The lowest BCUT2D eigenvalue weighted by Crippen LogP contribution is -2.43. The van der Waals surface area contributed by atoms with Gasteiger partial charge in [-0.15, -0.1) is 0 Å². The van der Waals surface area contributed by atoms with Gasteiger partial charge in [0.05, 0.1) is 6.17 Å². The summed E-state index contributed by atoms with van der Waals surface area (Å²) in [5, 5.41) is 6.02. The van der Waals surface area contributed by atoms with Crippen LogP contribution in [0.15, 0.2) is 0 Å². The molecule has 24 heavy (non-hydrogen) atoms. The molecule has 2 atom stereocenters. The number of unbranched alkanes of at least 4 members (excludes halogenated alkanes) is 1. The molecule has 5 heteroatoms. The second-order valence-electron chi connectivity index (χ2n) is 7.21. The lowest BCUT2D eigenvalue weighted by molar-refractivity contribution is -0.123. The molecule has 0 aromatic rings. The fourth-order valence-corrected chi connectivity index (χ4v) is 3.47. The maximum Gasteiger partial charge on any atom is 0.221 e.